The Morgan fingerprint density at radius 3 is 3.11 bits per heavy atom. The molecule has 1 aliphatic heterocycles. The Labute approximate surface area is 109 Å². The Balaban J connectivity index is 2.06. The summed E-state index contributed by atoms with van der Waals surface area (Å²) >= 11 is 0. The van der Waals surface area contributed by atoms with Crippen molar-refractivity contribution in [2.45, 2.75) is 12.3 Å². The largest absolute Gasteiger partial charge is 0.465 e. The highest BCUT2D eigenvalue weighted by atomic mass is 19.1. The molecule has 2 aromatic heterocycles. The minimum atomic E-state index is -0.569. The predicted molar refractivity (Wildman–Crippen MR) is 64.7 cm³/mol. The van der Waals surface area contributed by atoms with Gasteiger partial charge in [-0.1, -0.05) is 0 Å². The van der Waals surface area contributed by atoms with Crippen molar-refractivity contribution < 1.29 is 18.7 Å². The summed E-state index contributed by atoms with van der Waals surface area (Å²) in [5, 5.41) is 0. The van der Waals surface area contributed by atoms with Crippen LogP contribution in [-0.2, 0) is 9.47 Å². The number of ether oxygens (including phenoxy) is 2. The zero-order chi connectivity index (χ0) is 13.4. The van der Waals surface area contributed by atoms with Gasteiger partial charge < -0.3 is 13.9 Å². The minimum absolute atomic E-state index is 0.166. The monoisotopic (exact) mass is 264 g/mol. The molecule has 6 heteroatoms. The topological polar surface area (TPSA) is 52.8 Å². The summed E-state index contributed by atoms with van der Waals surface area (Å²) in [6, 6.07) is 1.14. The molecule has 0 aromatic carbocycles. The van der Waals surface area contributed by atoms with Crippen LogP contribution in [0.1, 0.15) is 28.4 Å². The Kier molecular flexibility index (Phi) is 2.94. The molecular weight excluding hydrogens is 251 g/mol. The van der Waals surface area contributed by atoms with Crippen LogP contribution in [-0.4, -0.2) is 35.7 Å². The van der Waals surface area contributed by atoms with Crippen LogP contribution < -0.4 is 0 Å². The average Bonchev–Trinajstić information content (AvgIpc) is 3.05. The van der Waals surface area contributed by atoms with Crippen LogP contribution >= 0.6 is 0 Å². The number of carbonyl (C=O) groups excluding carboxylic acids is 1. The SMILES string of the molecule is COC(=O)c1cc(F)c2nc(C3CCOC3)cn2c1. The molecule has 0 bridgehead atoms. The molecule has 2 aromatic rings. The molecule has 1 fully saturated rings. The molecule has 1 atom stereocenters. The Bertz CT molecular complexity index is 632. The van der Waals surface area contributed by atoms with Crippen molar-refractivity contribution in [3.05, 3.63) is 35.5 Å². The van der Waals surface area contributed by atoms with E-state index in [1.165, 1.54) is 17.7 Å². The lowest BCUT2D eigenvalue weighted by Crippen LogP contribution is -2.04. The molecule has 3 rings (SSSR count). The van der Waals surface area contributed by atoms with Gasteiger partial charge in [0.2, 0.25) is 0 Å². The maximum atomic E-state index is 13.9. The van der Waals surface area contributed by atoms with E-state index >= 15 is 0 Å². The van der Waals surface area contributed by atoms with E-state index in [4.69, 9.17) is 4.74 Å². The van der Waals surface area contributed by atoms with Crippen molar-refractivity contribution in [1.29, 1.82) is 0 Å². The molecule has 1 aliphatic rings. The van der Waals surface area contributed by atoms with Gasteiger partial charge in [0.1, 0.15) is 0 Å². The van der Waals surface area contributed by atoms with Gasteiger partial charge in [0.05, 0.1) is 25.0 Å². The number of halogens is 1. The number of pyridine rings is 1. The number of esters is 1. The molecule has 100 valence electrons. The number of hydrogen-bond acceptors (Lipinski definition) is 4. The summed E-state index contributed by atoms with van der Waals surface area (Å²) in [6.45, 7) is 1.31. The standard InChI is InChI=1S/C13H13FN2O3/c1-18-13(17)9-4-10(14)12-15-11(6-16(12)5-9)8-2-3-19-7-8/h4-6,8H,2-3,7H2,1H3. The third-order valence-corrected chi connectivity index (χ3v) is 3.29. The maximum absolute atomic E-state index is 13.9. The van der Waals surface area contributed by atoms with Crippen molar-refractivity contribution in [3.63, 3.8) is 0 Å². The van der Waals surface area contributed by atoms with Crippen molar-refractivity contribution in [3.8, 4) is 0 Å². The summed E-state index contributed by atoms with van der Waals surface area (Å²) in [5.41, 5.74) is 1.17. The Morgan fingerprint density at radius 2 is 2.42 bits per heavy atom. The van der Waals surface area contributed by atoms with Gasteiger partial charge in [-0.3, -0.25) is 0 Å². The van der Waals surface area contributed by atoms with E-state index in [-0.39, 0.29) is 17.1 Å². The van der Waals surface area contributed by atoms with Crippen molar-refractivity contribution >= 4 is 11.6 Å². The lowest BCUT2D eigenvalue weighted by atomic mass is 10.1. The summed E-state index contributed by atoms with van der Waals surface area (Å²) < 4.78 is 25.3. The number of hydrogen-bond donors (Lipinski definition) is 0. The number of nitrogens with zero attached hydrogens (tertiary/aromatic N) is 2. The number of rotatable bonds is 2. The van der Waals surface area contributed by atoms with E-state index < -0.39 is 11.8 Å². The fourth-order valence-electron chi connectivity index (χ4n) is 2.27. The van der Waals surface area contributed by atoms with Crippen LogP contribution in [0.3, 0.4) is 0 Å². The minimum Gasteiger partial charge on any atom is -0.465 e. The smallest absolute Gasteiger partial charge is 0.339 e. The molecule has 3 heterocycles. The molecule has 0 aliphatic carbocycles. The first-order valence-electron chi connectivity index (χ1n) is 6.03. The van der Waals surface area contributed by atoms with Gasteiger partial charge in [0.15, 0.2) is 11.5 Å². The lowest BCUT2D eigenvalue weighted by molar-refractivity contribution is 0.0599. The molecule has 1 unspecified atom stereocenters. The van der Waals surface area contributed by atoms with E-state index in [0.717, 1.165) is 18.2 Å². The highest BCUT2D eigenvalue weighted by molar-refractivity contribution is 5.89. The molecule has 0 spiro atoms. The summed E-state index contributed by atoms with van der Waals surface area (Å²) in [4.78, 5) is 15.7. The lowest BCUT2D eigenvalue weighted by Gasteiger charge is -2.01. The van der Waals surface area contributed by atoms with Crippen molar-refractivity contribution in [2.75, 3.05) is 20.3 Å². The number of imidazole rings is 1. The summed E-state index contributed by atoms with van der Waals surface area (Å²) in [5.74, 6) is -0.908. The van der Waals surface area contributed by atoms with Gasteiger partial charge >= 0.3 is 5.97 Å². The van der Waals surface area contributed by atoms with Crippen molar-refractivity contribution in [1.82, 2.24) is 9.38 Å². The van der Waals surface area contributed by atoms with Crippen LogP contribution in [0, 0.1) is 5.82 Å². The molecule has 1 saturated heterocycles. The molecular formula is C13H13FN2O3. The number of methoxy groups -OCH3 is 1. The van der Waals surface area contributed by atoms with E-state index in [0.29, 0.717) is 13.2 Å². The average molecular weight is 264 g/mol. The second-order valence-corrected chi connectivity index (χ2v) is 4.53. The van der Waals surface area contributed by atoms with Crippen LogP contribution in [0.15, 0.2) is 18.5 Å². The van der Waals surface area contributed by atoms with Crippen LogP contribution in [0.25, 0.3) is 5.65 Å². The van der Waals surface area contributed by atoms with Gasteiger partial charge in [0.25, 0.3) is 0 Å². The normalized spacial score (nSPS) is 18.9. The van der Waals surface area contributed by atoms with E-state index in [1.54, 1.807) is 6.20 Å². The maximum Gasteiger partial charge on any atom is 0.339 e. The van der Waals surface area contributed by atoms with E-state index in [1.807, 2.05) is 0 Å². The van der Waals surface area contributed by atoms with E-state index in [2.05, 4.69) is 9.72 Å². The van der Waals surface area contributed by atoms with Gasteiger partial charge in [-0.25, -0.2) is 14.2 Å². The van der Waals surface area contributed by atoms with Crippen molar-refractivity contribution in [2.24, 2.45) is 0 Å². The summed E-state index contributed by atoms with van der Waals surface area (Å²) in [6.07, 6.45) is 4.15. The first kappa shape index (κ1) is 12.1. The zero-order valence-corrected chi connectivity index (χ0v) is 10.4. The molecule has 0 saturated carbocycles. The van der Waals surface area contributed by atoms with Crippen LogP contribution in [0.4, 0.5) is 4.39 Å². The molecule has 0 amide bonds. The van der Waals surface area contributed by atoms with Gasteiger partial charge in [0, 0.05) is 24.9 Å². The predicted octanol–water partition coefficient (Wildman–Crippen LogP) is 1.76. The number of aromatic nitrogens is 2. The van der Waals surface area contributed by atoms with Crippen LogP contribution in [0.2, 0.25) is 0 Å². The highest BCUT2D eigenvalue weighted by Gasteiger charge is 2.22. The molecule has 0 radical (unpaired) electrons. The van der Waals surface area contributed by atoms with Gasteiger partial charge in [-0.2, -0.15) is 0 Å². The quantitative estimate of drug-likeness (QED) is 0.776. The van der Waals surface area contributed by atoms with E-state index in [9.17, 15) is 9.18 Å². The second-order valence-electron chi connectivity index (χ2n) is 4.53. The van der Waals surface area contributed by atoms with Crippen LogP contribution in [0.5, 0.6) is 0 Å². The van der Waals surface area contributed by atoms with Gasteiger partial charge in [-0.05, 0) is 12.5 Å². The first-order chi connectivity index (χ1) is 9.19. The number of fused-ring (bicyclic) bond motifs is 1. The molecule has 19 heavy (non-hydrogen) atoms. The summed E-state index contributed by atoms with van der Waals surface area (Å²) in [7, 11) is 1.26. The molecule has 0 N–H and O–H groups in total. The number of carbonyl (C=O) groups is 1. The second kappa shape index (κ2) is 4.62. The van der Waals surface area contributed by atoms with Gasteiger partial charge in [-0.15, -0.1) is 0 Å². The molecule has 5 nitrogen and oxygen atoms in total. The fraction of sp³-hybridized carbons (Fsp3) is 0.385. The zero-order valence-electron chi connectivity index (χ0n) is 10.4. The highest BCUT2D eigenvalue weighted by Crippen LogP contribution is 2.25. The Morgan fingerprint density at radius 1 is 1.58 bits per heavy atom. The fourth-order valence-corrected chi connectivity index (χ4v) is 2.27. The first-order valence-corrected chi connectivity index (χ1v) is 6.03. The Hall–Kier alpha value is -1.95. The third-order valence-electron chi connectivity index (χ3n) is 3.29. The third kappa shape index (κ3) is 2.08.